The summed E-state index contributed by atoms with van der Waals surface area (Å²) in [6, 6.07) is -1.21. The molecule has 2 amide bonds. The van der Waals surface area contributed by atoms with E-state index in [-0.39, 0.29) is 5.92 Å². The summed E-state index contributed by atoms with van der Waals surface area (Å²) in [5.74, 6) is 0.222. The van der Waals surface area contributed by atoms with Crippen molar-refractivity contribution in [3.8, 4) is 0 Å². The highest BCUT2D eigenvalue weighted by molar-refractivity contribution is 7.98. The molecule has 0 aromatic heterocycles. The summed E-state index contributed by atoms with van der Waals surface area (Å²) >= 11 is 1.71. The van der Waals surface area contributed by atoms with E-state index in [1.165, 1.54) is 0 Å². The van der Waals surface area contributed by atoms with Crippen LogP contribution in [0.1, 0.15) is 26.7 Å². The fraction of sp³-hybridized carbons (Fsp3) is 0.818. The lowest BCUT2D eigenvalue weighted by molar-refractivity contribution is -0.139. The van der Waals surface area contributed by atoms with Gasteiger partial charge in [-0.25, -0.2) is 9.59 Å². The number of hydrogen-bond donors (Lipinski definition) is 3. The third kappa shape index (κ3) is 8.85. The number of carbonyl (C=O) groups excluding carboxylic acids is 1. The van der Waals surface area contributed by atoms with Gasteiger partial charge in [0.1, 0.15) is 6.04 Å². The third-order valence-corrected chi connectivity index (χ3v) is 2.82. The Bertz CT molecular complexity index is 247. The van der Waals surface area contributed by atoms with Crippen molar-refractivity contribution in [3.05, 3.63) is 0 Å². The lowest BCUT2D eigenvalue weighted by atomic mass is 10.0. The molecule has 0 spiro atoms. The number of urea groups is 1. The zero-order chi connectivity index (χ0) is 13.3. The predicted molar refractivity (Wildman–Crippen MR) is 70.4 cm³/mol. The Morgan fingerprint density at radius 1 is 1.35 bits per heavy atom. The van der Waals surface area contributed by atoms with Gasteiger partial charge in [-0.3, -0.25) is 0 Å². The maximum Gasteiger partial charge on any atom is 0.326 e. The molecule has 0 saturated heterocycles. The lowest BCUT2D eigenvalue weighted by Crippen LogP contribution is -2.46. The Morgan fingerprint density at radius 2 is 2.00 bits per heavy atom. The summed E-state index contributed by atoms with van der Waals surface area (Å²) in [6.45, 7) is 4.42. The second kappa shape index (κ2) is 9.15. The normalized spacial score (nSPS) is 12.2. The lowest BCUT2D eigenvalue weighted by Gasteiger charge is -2.16. The summed E-state index contributed by atoms with van der Waals surface area (Å²) in [4.78, 5) is 22.3. The Hall–Kier alpha value is -0.910. The molecule has 0 rings (SSSR count). The summed E-state index contributed by atoms with van der Waals surface area (Å²) in [6.07, 6.45) is 3.33. The monoisotopic (exact) mass is 262 g/mol. The van der Waals surface area contributed by atoms with Crippen molar-refractivity contribution in [1.82, 2.24) is 10.6 Å². The number of amides is 2. The van der Waals surface area contributed by atoms with E-state index in [0.717, 1.165) is 12.2 Å². The molecular formula is C11H22N2O3S. The van der Waals surface area contributed by atoms with Gasteiger partial charge in [-0.15, -0.1) is 0 Å². The van der Waals surface area contributed by atoms with E-state index in [4.69, 9.17) is 5.11 Å². The number of rotatable bonds is 8. The molecule has 0 aromatic rings. The molecule has 3 N–H and O–H groups in total. The van der Waals surface area contributed by atoms with Crippen molar-refractivity contribution < 1.29 is 14.7 Å². The minimum Gasteiger partial charge on any atom is -0.480 e. The first kappa shape index (κ1) is 16.1. The van der Waals surface area contributed by atoms with Crippen LogP contribution < -0.4 is 10.6 Å². The Labute approximate surface area is 107 Å². The summed E-state index contributed by atoms with van der Waals surface area (Å²) < 4.78 is 0. The molecule has 100 valence electrons. The number of carboxylic acid groups (broad SMARTS) is 1. The van der Waals surface area contributed by atoms with Gasteiger partial charge in [-0.1, -0.05) is 13.8 Å². The van der Waals surface area contributed by atoms with Crippen LogP contribution in [-0.2, 0) is 4.79 Å². The maximum absolute atomic E-state index is 11.4. The molecule has 0 heterocycles. The van der Waals surface area contributed by atoms with Gasteiger partial charge in [0, 0.05) is 6.54 Å². The van der Waals surface area contributed by atoms with Crippen molar-refractivity contribution in [2.75, 3.05) is 18.6 Å². The van der Waals surface area contributed by atoms with E-state index < -0.39 is 18.0 Å². The SMILES string of the molecule is CSCCCNC(=O)N[C@@H](CC(C)C)C(=O)O. The molecule has 0 radical (unpaired) electrons. The standard InChI is InChI=1S/C11H22N2O3S/c1-8(2)7-9(10(14)15)13-11(16)12-5-4-6-17-3/h8-9H,4-7H2,1-3H3,(H,14,15)(H2,12,13,16)/t9-/m0/s1. The molecule has 1 atom stereocenters. The van der Waals surface area contributed by atoms with Gasteiger partial charge in [-0.05, 0) is 30.8 Å². The predicted octanol–water partition coefficient (Wildman–Crippen LogP) is 1.54. The zero-order valence-corrected chi connectivity index (χ0v) is 11.5. The molecule has 17 heavy (non-hydrogen) atoms. The molecule has 0 aliphatic rings. The van der Waals surface area contributed by atoms with Crippen molar-refractivity contribution >= 4 is 23.8 Å². The summed E-state index contributed by atoms with van der Waals surface area (Å²) in [5, 5.41) is 14.1. The molecule has 6 heteroatoms. The molecule has 0 aliphatic heterocycles. The fourth-order valence-corrected chi connectivity index (χ4v) is 1.75. The van der Waals surface area contributed by atoms with E-state index in [0.29, 0.717) is 13.0 Å². The Balaban J connectivity index is 3.91. The van der Waals surface area contributed by atoms with Crippen LogP contribution in [-0.4, -0.2) is 41.7 Å². The maximum atomic E-state index is 11.4. The highest BCUT2D eigenvalue weighted by atomic mass is 32.2. The number of aliphatic carboxylic acids is 1. The van der Waals surface area contributed by atoms with E-state index in [9.17, 15) is 9.59 Å². The minimum atomic E-state index is -0.988. The smallest absolute Gasteiger partial charge is 0.326 e. The first-order chi connectivity index (χ1) is 7.97. The van der Waals surface area contributed by atoms with Crippen LogP contribution in [0.2, 0.25) is 0 Å². The van der Waals surface area contributed by atoms with Crippen molar-refractivity contribution in [2.24, 2.45) is 5.92 Å². The number of nitrogens with one attached hydrogen (secondary N) is 2. The van der Waals surface area contributed by atoms with Crippen LogP contribution in [0.4, 0.5) is 4.79 Å². The van der Waals surface area contributed by atoms with Crippen molar-refractivity contribution in [3.63, 3.8) is 0 Å². The first-order valence-corrected chi connectivity index (χ1v) is 7.12. The molecule has 0 aromatic carbocycles. The largest absolute Gasteiger partial charge is 0.480 e. The van der Waals surface area contributed by atoms with Crippen LogP contribution >= 0.6 is 11.8 Å². The van der Waals surface area contributed by atoms with E-state index >= 15 is 0 Å². The van der Waals surface area contributed by atoms with Crippen LogP contribution in [0.5, 0.6) is 0 Å². The van der Waals surface area contributed by atoms with Gasteiger partial charge in [0.05, 0.1) is 0 Å². The third-order valence-electron chi connectivity index (χ3n) is 2.12. The van der Waals surface area contributed by atoms with Gasteiger partial charge >= 0.3 is 12.0 Å². The van der Waals surface area contributed by atoms with Crippen LogP contribution in [0.25, 0.3) is 0 Å². The van der Waals surface area contributed by atoms with E-state index in [2.05, 4.69) is 10.6 Å². The van der Waals surface area contributed by atoms with E-state index in [1.54, 1.807) is 11.8 Å². The number of carbonyl (C=O) groups is 2. The van der Waals surface area contributed by atoms with Crippen molar-refractivity contribution in [2.45, 2.75) is 32.7 Å². The molecule has 0 fully saturated rings. The second-order valence-electron chi connectivity index (χ2n) is 4.27. The highest BCUT2D eigenvalue weighted by Crippen LogP contribution is 2.04. The molecule has 5 nitrogen and oxygen atoms in total. The topological polar surface area (TPSA) is 78.4 Å². The van der Waals surface area contributed by atoms with Crippen LogP contribution in [0, 0.1) is 5.92 Å². The van der Waals surface area contributed by atoms with Crippen LogP contribution in [0.3, 0.4) is 0 Å². The first-order valence-electron chi connectivity index (χ1n) is 5.73. The molecule has 0 bridgehead atoms. The van der Waals surface area contributed by atoms with E-state index in [1.807, 2.05) is 20.1 Å². The zero-order valence-electron chi connectivity index (χ0n) is 10.7. The van der Waals surface area contributed by atoms with Gasteiger partial charge in [0.25, 0.3) is 0 Å². The number of thioether (sulfide) groups is 1. The average molecular weight is 262 g/mol. The quantitative estimate of drug-likeness (QED) is 0.580. The molecular weight excluding hydrogens is 240 g/mol. The van der Waals surface area contributed by atoms with Gasteiger partial charge in [0.15, 0.2) is 0 Å². The highest BCUT2D eigenvalue weighted by Gasteiger charge is 2.20. The summed E-state index contributed by atoms with van der Waals surface area (Å²) in [7, 11) is 0. The molecule has 0 saturated carbocycles. The number of carboxylic acids is 1. The number of hydrogen-bond acceptors (Lipinski definition) is 3. The summed E-state index contributed by atoms with van der Waals surface area (Å²) in [5.41, 5.74) is 0. The minimum absolute atomic E-state index is 0.230. The van der Waals surface area contributed by atoms with Gasteiger partial charge in [-0.2, -0.15) is 11.8 Å². The average Bonchev–Trinajstić information content (AvgIpc) is 2.22. The molecule has 0 aliphatic carbocycles. The second-order valence-corrected chi connectivity index (χ2v) is 5.25. The Kier molecular flexibility index (Phi) is 8.66. The Morgan fingerprint density at radius 3 is 2.47 bits per heavy atom. The molecule has 0 unspecified atom stereocenters. The fourth-order valence-electron chi connectivity index (χ4n) is 1.32. The van der Waals surface area contributed by atoms with Gasteiger partial charge in [0.2, 0.25) is 0 Å². The van der Waals surface area contributed by atoms with Crippen molar-refractivity contribution in [1.29, 1.82) is 0 Å². The van der Waals surface area contributed by atoms with Crippen LogP contribution in [0.15, 0.2) is 0 Å². The van der Waals surface area contributed by atoms with Gasteiger partial charge < -0.3 is 15.7 Å².